The van der Waals surface area contributed by atoms with Gasteiger partial charge in [0.25, 0.3) is 5.56 Å². The van der Waals surface area contributed by atoms with Crippen LogP contribution in [0.1, 0.15) is 30.9 Å². The van der Waals surface area contributed by atoms with Gasteiger partial charge in [0.05, 0.1) is 16.8 Å². The van der Waals surface area contributed by atoms with Crippen LogP contribution >= 0.6 is 11.6 Å². The molecule has 1 aromatic heterocycles. The van der Waals surface area contributed by atoms with E-state index in [1.165, 1.54) is 0 Å². The highest BCUT2D eigenvalue weighted by molar-refractivity contribution is 6.30. The molecule has 0 amide bonds. The van der Waals surface area contributed by atoms with E-state index in [4.69, 9.17) is 16.3 Å². The number of benzene rings is 2. The lowest BCUT2D eigenvalue weighted by Gasteiger charge is -2.19. The van der Waals surface area contributed by atoms with Crippen molar-refractivity contribution in [2.24, 2.45) is 0 Å². The second-order valence-electron chi connectivity index (χ2n) is 7.40. The first-order valence-electron chi connectivity index (χ1n) is 9.69. The molecule has 3 aromatic rings. The monoisotopic (exact) mass is 397 g/mol. The van der Waals surface area contributed by atoms with Crippen LogP contribution in [-0.4, -0.2) is 34.8 Å². The van der Waals surface area contributed by atoms with E-state index in [-0.39, 0.29) is 11.6 Å². The van der Waals surface area contributed by atoms with Gasteiger partial charge in [0.15, 0.2) is 0 Å². The molecule has 1 unspecified atom stereocenters. The summed E-state index contributed by atoms with van der Waals surface area (Å²) in [5, 5.41) is 6.76. The smallest absolute Gasteiger partial charge is 0.275 e. The maximum atomic E-state index is 13.1. The van der Waals surface area contributed by atoms with Crippen LogP contribution in [0, 0.1) is 0 Å². The van der Waals surface area contributed by atoms with Crippen molar-refractivity contribution in [1.29, 1.82) is 0 Å². The van der Waals surface area contributed by atoms with Crippen molar-refractivity contribution in [1.82, 2.24) is 14.7 Å². The molecule has 0 saturated carbocycles. The summed E-state index contributed by atoms with van der Waals surface area (Å²) in [4.78, 5) is 15.4. The number of rotatable bonds is 4. The maximum absolute atomic E-state index is 13.1. The molecular weight excluding hydrogens is 374 g/mol. The number of hydrogen-bond acceptors (Lipinski definition) is 4. The zero-order valence-corrected chi connectivity index (χ0v) is 16.7. The molecule has 6 heteroatoms. The Labute approximate surface area is 169 Å². The predicted molar refractivity (Wildman–Crippen MR) is 112 cm³/mol. The molecule has 1 saturated heterocycles. The van der Waals surface area contributed by atoms with E-state index in [1.807, 2.05) is 48.5 Å². The molecule has 0 bridgehead atoms. The summed E-state index contributed by atoms with van der Waals surface area (Å²) in [6, 6.07) is 15.2. The van der Waals surface area contributed by atoms with Crippen LogP contribution in [0.4, 0.5) is 0 Å². The number of nitrogens with zero attached hydrogens (tertiary/aromatic N) is 3. The van der Waals surface area contributed by atoms with Gasteiger partial charge in [-0.3, -0.25) is 4.79 Å². The maximum Gasteiger partial charge on any atom is 0.275 e. The Bertz CT molecular complexity index is 1020. The van der Waals surface area contributed by atoms with Crippen molar-refractivity contribution in [2.45, 2.75) is 31.9 Å². The molecule has 4 rings (SSSR count). The molecule has 0 radical (unpaired) electrons. The average molecular weight is 398 g/mol. The number of ether oxygens (including phenoxy) is 1. The van der Waals surface area contributed by atoms with Crippen LogP contribution in [0.25, 0.3) is 10.8 Å². The molecule has 28 heavy (non-hydrogen) atoms. The number of likely N-dealkylation sites (tertiary alicyclic amines) is 1. The van der Waals surface area contributed by atoms with E-state index in [0.717, 1.165) is 43.3 Å². The normalized spacial score (nSPS) is 18.1. The summed E-state index contributed by atoms with van der Waals surface area (Å²) in [5.41, 5.74) is 0.966. The highest BCUT2D eigenvalue weighted by Gasteiger charge is 2.21. The lowest BCUT2D eigenvalue weighted by molar-refractivity contribution is 0.277. The first-order valence-corrected chi connectivity index (χ1v) is 10.1. The van der Waals surface area contributed by atoms with E-state index in [9.17, 15) is 4.79 Å². The molecule has 0 aliphatic carbocycles. The van der Waals surface area contributed by atoms with Gasteiger partial charge in [0, 0.05) is 5.02 Å². The van der Waals surface area contributed by atoms with Gasteiger partial charge in [-0.25, -0.2) is 4.68 Å². The minimum atomic E-state index is -0.0380. The topological polar surface area (TPSA) is 47.4 Å². The Kier molecular flexibility index (Phi) is 5.64. The van der Waals surface area contributed by atoms with Crippen LogP contribution in [0.2, 0.25) is 5.02 Å². The third-order valence-corrected chi connectivity index (χ3v) is 5.60. The minimum Gasteiger partial charge on any atom is -0.471 e. The highest BCUT2D eigenvalue weighted by Crippen LogP contribution is 2.26. The minimum absolute atomic E-state index is 0.0380. The van der Waals surface area contributed by atoms with Gasteiger partial charge in [0.2, 0.25) is 5.88 Å². The molecule has 1 aliphatic rings. The van der Waals surface area contributed by atoms with Gasteiger partial charge in [-0.1, -0.05) is 35.9 Å². The Morgan fingerprint density at radius 3 is 2.61 bits per heavy atom. The molecule has 5 nitrogen and oxygen atoms in total. The van der Waals surface area contributed by atoms with Gasteiger partial charge < -0.3 is 9.64 Å². The molecule has 1 fully saturated rings. The molecule has 146 valence electrons. The zero-order valence-electron chi connectivity index (χ0n) is 16.0. The van der Waals surface area contributed by atoms with Crippen molar-refractivity contribution in [3.63, 3.8) is 0 Å². The van der Waals surface area contributed by atoms with Crippen LogP contribution in [0.3, 0.4) is 0 Å². The van der Waals surface area contributed by atoms with E-state index < -0.39 is 0 Å². The van der Waals surface area contributed by atoms with E-state index in [2.05, 4.69) is 17.0 Å². The number of halogens is 1. The Balaban J connectivity index is 1.69. The second kappa shape index (κ2) is 8.33. The lowest BCUT2D eigenvalue weighted by atomic mass is 10.1. The molecular formula is C22H24ClN3O2. The highest BCUT2D eigenvalue weighted by atomic mass is 35.5. The number of aromatic nitrogens is 2. The molecule has 2 aromatic carbocycles. The zero-order chi connectivity index (χ0) is 19.5. The average Bonchev–Trinajstić information content (AvgIpc) is 2.93. The third kappa shape index (κ3) is 4.05. The van der Waals surface area contributed by atoms with Gasteiger partial charge in [-0.15, -0.1) is 5.10 Å². The fourth-order valence-corrected chi connectivity index (χ4v) is 3.86. The standard InChI is InChI=1S/C22H24ClN3O2/c1-25-13-4-5-18(12-14-25)26-22(27)20-7-3-2-6-19(20)21(24-26)28-15-16-8-10-17(23)11-9-16/h2-3,6-11,18H,4-5,12-15H2,1H3. The van der Waals surface area contributed by atoms with Crippen molar-refractivity contribution in [3.05, 3.63) is 69.5 Å². The fourth-order valence-electron chi connectivity index (χ4n) is 3.73. The Morgan fingerprint density at radius 2 is 1.82 bits per heavy atom. The fraction of sp³-hybridized carbons (Fsp3) is 0.364. The van der Waals surface area contributed by atoms with Crippen molar-refractivity contribution in [3.8, 4) is 5.88 Å². The first kappa shape index (κ1) is 19.0. The molecule has 0 N–H and O–H groups in total. The Hall–Kier alpha value is -2.37. The van der Waals surface area contributed by atoms with Crippen molar-refractivity contribution >= 4 is 22.4 Å². The van der Waals surface area contributed by atoms with Gasteiger partial charge in [0.1, 0.15) is 6.61 Å². The molecule has 1 atom stereocenters. The SMILES string of the molecule is CN1CCCC(n2nc(OCc3ccc(Cl)cc3)c3ccccc3c2=O)CC1. The van der Waals surface area contributed by atoms with Crippen LogP contribution < -0.4 is 10.3 Å². The second-order valence-corrected chi connectivity index (χ2v) is 7.84. The van der Waals surface area contributed by atoms with Crippen molar-refractivity contribution in [2.75, 3.05) is 20.1 Å². The van der Waals surface area contributed by atoms with Crippen molar-refractivity contribution < 1.29 is 4.74 Å². The predicted octanol–water partition coefficient (Wildman–Crippen LogP) is 4.29. The number of hydrogen-bond donors (Lipinski definition) is 0. The van der Waals surface area contributed by atoms with Gasteiger partial charge >= 0.3 is 0 Å². The van der Waals surface area contributed by atoms with Gasteiger partial charge in [-0.2, -0.15) is 0 Å². The summed E-state index contributed by atoms with van der Waals surface area (Å²) in [7, 11) is 2.12. The third-order valence-electron chi connectivity index (χ3n) is 5.35. The molecule has 2 heterocycles. The first-order chi connectivity index (χ1) is 13.6. The summed E-state index contributed by atoms with van der Waals surface area (Å²) < 4.78 is 7.71. The van der Waals surface area contributed by atoms with E-state index >= 15 is 0 Å². The summed E-state index contributed by atoms with van der Waals surface area (Å²) >= 11 is 5.96. The van der Waals surface area contributed by atoms with Gasteiger partial charge in [-0.05, 0) is 69.2 Å². The quantitative estimate of drug-likeness (QED) is 0.659. The molecule has 0 spiro atoms. The lowest BCUT2D eigenvalue weighted by Crippen LogP contribution is -2.29. The summed E-state index contributed by atoms with van der Waals surface area (Å²) in [5.74, 6) is 0.503. The van der Waals surface area contributed by atoms with E-state index in [0.29, 0.717) is 22.9 Å². The Morgan fingerprint density at radius 1 is 1.07 bits per heavy atom. The largest absolute Gasteiger partial charge is 0.471 e. The summed E-state index contributed by atoms with van der Waals surface area (Å²) in [6.07, 6.45) is 2.92. The van der Waals surface area contributed by atoms with Crippen LogP contribution in [0.15, 0.2) is 53.3 Å². The molecule has 1 aliphatic heterocycles. The summed E-state index contributed by atoms with van der Waals surface area (Å²) in [6.45, 7) is 2.39. The van der Waals surface area contributed by atoms with Crippen LogP contribution in [-0.2, 0) is 6.61 Å². The van der Waals surface area contributed by atoms with E-state index in [1.54, 1.807) is 4.68 Å². The number of fused-ring (bicyclic) bond motifs is 1. The van der Waals surface area contributed by atoms with Crippen LogP contribution in [0.5, 0.6) is 5.88 Å².